The van der Waals surface area contributed by atoms with Gasteiger partial charge in [0.1, 0.15) is 23.9 Å². The van der Waals surface area contributed by atoms with Crippen molar-refractivity contribution >= 4 is 11.6 Å². The van der Waals surface area contributed by atoms with E-state index in [1.807, 2.05) is 59.1 Å². The van der Waals surface area contributed by atoms with Gasteiger partial charge >= 0.3 is 0 Å². The van der Waals surface area contributed by atoms with Crippen molar-refractivity contribution in [1.29, 1.82) is 0 Å². The van der Waals surface area contributed by atoms with Crippen LogP contribution in [0.4, 0.5) is 5.82 Å². The zero-order valence-electron chi connectivity index (χ0n) is 17.9. The molecule has 2 heterocycles. The minimum Gasteiger partial charge on any atom is -0.489 e. The highest BCUT2D eigenvalue weighted by molar-refractivity contribution is 5.76. The Morgan fingerprint density at radius 3 is 2.56 bits per heavy atom. The van der Waals surface area contributed by atoms with E-state index in [1.54, 1.807) is 6.20 Å². The lowest BCUT2D eigenvalue weighted by molar-refractivity contribution is 0.306. The molecule has 32 heavy (non-hydrogen) atoms. The summed E-state index contributed by atoms with van der Waals surface area (Å²) >= 11 is 0. The molecule has 5 nitrogen and oxygen atoms in total. The van der Waals surface area contributed by atoms with Gasteiger partial charge in [0.2, 0.25) is 5.78 Å². The molecule has 0 saturated heterocycles. The van der Waals surface area contributed by atoms with E-state index in [9.17, 15) is 0 Å². The summed E-state index contributed by atoms with van der Waals surface area (Å²) in [5.41, 5.74) is 5.42. The highest BCUT2D eigenvalue weighted by Crippen LogP contribution is 2.31. The van der Waals surface area contributed by atoms with Crippen molar-refractivity contribution in [3.8, 4) is 17.0 Å². The number of fused-ring (bicyclic) bond motifs is 1. The van der Waals surface area contributed by atoms with Crippen LogP contribution in [0.3, 0.4) is 0 Å². The fraction of sp³-hybridized carbons (Fsp3) is 0.111. The van der Waals surface area contributed by atoms with Crippen LogP contribution in [0, 0.1) is 6.92 Å². The van der Waals surface area contributed by atoms with Gasteiger partial charge in [-0.1, -0.05) is 72.3 Å². The molecule has 0 atom stereocenters. The van der Waals surface area contributed by atoms with Crippen LogP contribution in [-0.4, -0.2) is 14.4 Å². The average Bonchev–Trinajstić information content (AvgIpc) is 3.22. The summed E-state index contributed by atoms with van der Waals surface area (Å²) < 4.78 is 8.03. The summed E-state index contributed by atoms with van der Waals surface area (Å²) in [5.74, 6) is 2.37. The standard InChI is InChI=1S/C27H24N4O/c1-20-11-13-21(14-12-20)18-29-26-25(30-27-28-15-6-16-31(26)27)23-9-5-10-24(17-23)32-19-22-7-3-2-4-8-22/h2-17,29H,18-19H2,1H3. The highest BCUT2D eigenvalue weighted by Gasteiger charge is 2.15. The minimum absolute atomic E-state index is 0.523. The third-order valence-corrected chi connectivity index (χ3v) is 5.34. The largest absolute Gasteiger partial charge is 0.489 e. The maximum absolute atomic E-state index is 6.04. The normalized spacial score (nSPS) is 10.9. The molecule has 0 saturated carbocycles. The Hall–Kier alpha value is -4.12. The lowest BCUT2D eigenvalue weighted by Gasteiger charge is -2.11. The number of benzene rings is 3. The van der Waals surface area contributed by atoms with E-state index in [0.717, 1.165) is 28.4 Å². The molecular weight excluding hydrogens is 396 g/mol. The number of nitrogens with one attached hydrogen (secondary N) is 1. The molecule has 1 N–H and O–H groups in total. The van der Waals surface area contributed by atoms with Gasteiger partial charge in [0.25, 0.3) is 0 Å². The summed E-state index contributed by atoms with van der Waals surface area (Å²) in [6.07, 6.45) is 3.74. The molecule has 0 radical (unpaired) electrons. The van der Waals surface area contributed by atoms with Gasteiger partial charge in [0, 0.05) is 24.5 Å². The molecule has 158 valence electrons. The number of anilines is 1. The van der Waals surface area contributed by atoms with Crippen molar-refractivity contribution in [2.24, 2.45) is 0 Å². The lowest BCUT2D eigenvalue weighted by Crippen LogP contribution is -2.03. The second-order valence-electron chi connectivity index (χ2n) is 7.74. The molecule has 3 aromatic carbocycles. The van der Waals surface area contributed by atoms with Crippen LogP contribution < -0.4 is 10.1 Å². The van der Waals surface area contributed by atoms with Crippen LogP contribution in [0.5, 0.6) is 5.75 Å². The van der Waals surface area contributed by atoms with Crippen LogP contribution in [0.15, 0.2) is 97.3 Å². The Labute approximate surface area is 187 Å². The van der Waals surface area contributed by atoms with Gasteiger partial charge < -0.3 is 10.1 Å². The predicted octanol–water partition coefficient (Wildman–Crippen LogP) is 5.90. The van der Waals surface area contributed by atoms with E-state index in [0.29, 0.717) is 18.9 Å². The van der Waals surface area contributed by atoms with E-state index in [1.165, 1.54) is 11.1 Å². The molecule has 0 aliphatic carbocycles. The number of hydrogen-bond donors (Lipinski definition) is 1. The molecule has 0 amide bonds. The predicted molar refractivity (Wildman–Crippen MR) is 128 cm³/mol. The third kappa shape index (κ3) is 4.32. The van der Waals surface area contributed by atoms with Gasteiger partial charge in [-0.05, 0) is 36.2 Å². The van der Waals surface area contributed by atoms with Gasteiger partial charge in [-0.15, -0.1) is 0 Å². The second kappa shape index (κ2) is 8.94. The quantitative estimate of drug-likeness (QED) is 0.356. The van der Waals surface area contributed by atoms with Crippen LogP contribution in [0.25, 0.3) is 17.0 Å². The second-order valence-corrected chi connectivity index (χ2v) is 7.74. The van der Waals surface area contributed by atoms with Gasteiger partial charge in [0.15, 0.2) is 0 Å². The molecular formula is C27H24N4O. The molecule has 0 fully saturated rings. The van der Waals surface area contributed by atoms with E-state index in [4.69, 9.17) is 9.72 Å². The molecule has 0 spiro atoms. The summed E-state index contributed by atoms with van der Waals surface area (Å²) in [5, 5.41) is 3.57. The Morgan fingerprint density at radius 1 is 0.875 bits per heavy atom. The van der Waals surface area contributed by atoms with Crippen molar-refractivity contribution in [3.63, 3.8) is 0 Å². The van der Waals surface area contributed by atoms with E-state index >= 15 is 0 Å². The number of rotatable bonds is 7. The van der Waals surface area contributed by atoms with Gasteiger partial charge in [-0.25, -0.2) is 9.97 Å². The minimum atomic E-state index is 0.523. The van der Waals surface area contributed by atoms with Crippen molar-refractivity contribution in [3.05, 3.63) is 114 Å². The zero-order chi connectivity index (χ0) is 21.8. The third-order valence-electron chi connectivity index (χ3n) is 5.34. The Morgan fingerprint density at radius 2 is 1.72 bits per heavy atom. The van der Waals surface area contributed by atoms with Crippen molar-refractivity contribution in [2.45, 2.75) is 20.1 Å². The molecule has 5 heteroatoms. The Kier molecular flexibility index (Phi) is 5.54. The monoisotopic (exact) mass is 420 g/mol. The molecule has 0 aliphatic heterocycles. The summed E-state index contributed by atoms with van der Waals surface area (Å²) in [6.45, 7) is 3.31. The molecule has 0 unspecified atom stereocenters. The van der Waals surface area contributed by atoms with Crippen LogP contribution in [0.1, 0.15) is 16.7 Å². The fourth-order valence-electron chi connectivity index (χ4n) is 3.62. The summed E-state index contributed by atoms with van der Waals surface area (Å²) in [7, 11) is 0. The van der Waals surface area contributed by atoms with Crippen molar-refractivity contribution in [2.75, 3.05) is 5.32 Å². The number of aryl methyl sites for hydroxylation is 1. The Bertz CT molecular complexity index is 1330. The lowest BCUT2D eigenvalue weighted by atomic mass is 10.1. The SMILES string of the molecule is Cc1ccc(CNc2c(-c3cccc(OCc4ccccc4)c3)nc3ncccn23)cc1. The first kappa shape index (κ1) is 19.8. The topological polar surface area (TPSA) is 51.5 Å². The maximum atomic E-state index is 6.04. The van der Waals surface area contributed by atoms with Crippen LogP contribution >= 0.6 is 0 Å². The maximum Gasteiger partial charge on any atom is 0.235 e. The number of nitrogens with zero attached hydrogens (tertiary/aromatic N) is 3. The number of imidazole rings is 1. The fourth-order valence-corrected chi connectivity index (χ4v) is 3.62. The van der Waals surface area contributed by atoms with Crippen molar-refractivity contribution < 1.29 is 4.74 Å². The van der Waals surface area contributed by atoms with E-state index in [2.05, 4.69) is 53.6 Å². The van der Waals surface area contributed by atoms with Crippen molar-refractivity contribution in [1.82, 2.24) is 14.4 Å². The van der Waals surface area contributed by atoms with Crippen LogP contribution in [0.2, 0.25) is 0 Å². The number of aromatic nitrogens is 3. The summed E-state index contributed by atoms with van der Waals surface area (Å²) in [6, 6.07) is 28.7. The average molecular weight is 421 g/mol. The van der Waals surface area contributed by atoms with Gasteiger partial charge in [-0.3, -0.25) is 4.40 Å². The van der Waals surface area contributed by atoms with Gasteiger partial charge in [-0.2, -0.15) is 0 Å². The summed E-state index contributed by atoms with van der Waals surface area (Å²) in [4.78, 5) is 9.24. The smallest absolute Gasteiger partial charge is 0.235 e. The Balaban J connectivity index is 1.44. The van der Waals surface area contributed by atoms with E-state index < -0.39 is 0 Å². The first-order valence-electron chi connectivity index (χ1n) is 10.7. The van der Waals surface area contributed by atoms with Crippen LogP contribution in [-0.2, 0) is 13.2 Å². The molecule has 0 bridgehead atoms. The molecule has 2 aromatic heterocycles. The molecule has 5 rings (SSSR count). The first-order chi connectivity index (χ1) is 15.8. The first-order valence-corrected chi connectivity index (χ1v) is 10.7. The highest BCUT2D eigenvalue weighted by atomic mass is 16.5. The number of ether oxygens (including phenoxy) is 1. The van der Waals surface area contributed by atoms with Gasteiger partial charge in [0.05, 0.1) is 0 Å². The number of hydrogen-bond acceptors (Lipinski definition) is 4. The zero-order valence-corrected chi connectivity index (χ0v) is 17.9. The van der Waals surface area contributed by atoms with E-state index in [-0.39, 0.29) is 0 Å². The molecule has 0 aliphatic rings. The molecule has 5 aromatic rings.